The van der Waals surface area contributed by atoms with E-state index in [4.69, 9.17) is 0 Å². The van der Waals surface area contributed by atoms with Crippen LogP contribution in [0.5, 0.6) is 0 Å². The van der Waals surface area contributed by atoms with Gasteiger partial charge < -0.3 is 10.6 Å². The van der Waals surface area contributed by atoms with E-state index >= 15 is 0 Å². The summed E-state index contributed by atoms with van der Waals surface area (Å²) in [7, 11) is 1.43. The highest BCUT2D eigenvalue weighted by molar-refractivity contribution is 5.89. The standard InChI is InChI=1S/C10H11F3N2O/c1-6-5-7(10(11,12)13)3-4-8(6)15-9(16)14-2/h3-5H,1-2H3,(H2,14,15,16). The number of urea groups is 1. The molecule has 0 aliphatic carbocycles. The lowest BCUT2D eigenvalue weighted by Crippen LogP contribution is -2.24. The molecule has 0 bridgehead atoms. The first-order valence-corrected chi connectivity index (χ1v) is 4.51. The first kappa shape index (κ1) is 12.4. The zero-order valence-electron chi connectivity index (χ0n) is 8.77. The van der Waals surface area contributed by atoms with Gasteiger partial charge in [0.15, 0.2) is 0 Å². The summed E-state index contributed by atoms with van der Waals surface area (Å²) >= 11 is 0. The van der Waals surface area contributed by atoms with Gasteiger partial charge in [0.1, 0.15) is 0 Å². The molecule has 0 atom stereocenters. The van der Waals surface area contributed by atoms with Crippen LogP contribution in [0.2, 0.25) is 0 Å². The normalized spacial score (nSPS) is 11.1. The highest BCUT2D eigenvalue weighted by Crippen LogP contribution is 2.31. The lowest BCUT2D eigenvalue weighted by atomic mass is 10.1. The van der Waals surface area contributed by atoms with E-state index in [1.165, 1.54) is 20.0 Å². The van der Waals surface area contributed by atoms with Crippen LogP contribution in [0.1, 0.15) is 11.1 Å². The van der Waals surface area contributed by atoms with Crippen molar-refractivity contribution in [2.24, 2.45) is 0 Å². The topological polar surface area (TPSA) is 41.1 Å². The van der Waals surface area contributed by atoms with E-state index in [-0.39, 0.29) is 0 Å². The Labute approximate surface area is 90.6 Å². The lowest BCUT2D eigenvalue weighted by molar-refractivity contribution is -0.137. The van der Waals surface area contributed by atoms with Gasteiger partial charge in [-0.2, -0.15) is 13.2 Å². The summed E-state index contributed by atoms with van der Waals surface area (Å²) in [4.78, 5) is 11.0. The molecule has 0 radical (unpaired) electrons. The van der Waals surface area contributed by atoms with Crippen LogP contribution in [0.4, 0.5) is 23.7 Å². The first-order chi connectivity index (χ1) is 7.34. The summed E-state index contributed by atoms with van der Waals surface area (Å²) in [6.07, 6.45) is -4.36. The second kappa shape index (κ2) is 4.42. The van der Waals surface area contributed by atoms with Gasteiger partial charge in [0.25, 0.3) is 0 Å². The van der Waals surface area contributed by atoms with Crippen LogP contribution < -0.4 is 10.6 Å². The van der Waals surface area contributed by atoms with Gasteiger partial charge in [0.2, 0.25) is 0 Å². The number of hydrogen-bond donors (Lipinski definition) is 2. The molecule has 1 aromatic carbocycles. The molecule has 2 N–H and O–H groups in total. The number of carbonyl (C=O) groups is 1. The summed E-state index contributed by atoms with van der Waals surface area (Å²) in [6, 6.07) is 2.68. The smallest absolute Gasteiger partial charge is 0.341 e. The summed E-state index contributed by atoms with van der Waals surface area (Å²) < 4.78 is 37.0. The Morgan fingerprint density at radius 2 is 1.94 bits per heavy atom. The van der Waals surface area contributed by atoms with Crippen molar-refractivity contribution in [1.82, 2.24) is 5.32 Å². The number of amides is 2. The quantitative estimate of drug-likeness (QED) is 0.768. The number of hydrogen-bond acceptors (Lipinski definition) is 1. The van der Waals surface area contributed by atoms with E-state index in [2.05, 4.69) is 10.6 Å². The molecule has 0 saturated heterocycles. The van der Waals surface area contributed by atoms with Crippen LogP contribution >= 0.6 is 0 Å². The van der Waals surface area contributed by atoms with Crippen LogP contribution in [0.15, 0.2) is 18.2 Å². The predicted molar refractivity (Wildman–Crippen MR) is 54.3 cm³/mol. The van der Waals surface area contributed by atoms with Crippen molar-refractivity contribution in [3.05, 3.63) is 29.3 Å². The van der Waals surface area contributed by atoms with Crippen LogP contribution in [0.25, 0.3) is 0 Å². The molecular weight excluding hydrogens is 221 g/mol. The average Bonchev–Trinajstić information content (AvgIpc) is 2.19. The third-order valence-electron chi connectivity index (χ3n) is 2.03. The molecule has 0 aromatic heterocycles. The molecule has 2 amide bonds. The number of benzene rings is 1. The van der Waals surface area contributed by atoms with Crippen molar-refractivity contribution in [2.45, 2.75) is 13.1 Å². The van der Waals surface area contributed by atoms with Gasteiger partial charge in [-0.1, -0.05) is 0 Å². The van der Waals surface area contributed by atoms with E-state index in [9.17, 15) is 18.0 Å². The molecule has 3 nitrogen and oxygen atoms in total. The van der Waals surface area contributed by atoms with Gasteiger partial charge in [0, 0.05) is 12.7 Å². The molecule has 1 aromatic rings. The molecule has 16 heavy (non-hydrogen) atoms. The zero-order valence-corrected chi connectivity index (χ0v) is 8.77. The average molecular weight is 232 g/mol. The maximum Gasteiger partial charge on any atom is 0.416 e. The fourth-order valence-corrected chi connectivity index (χ4v) is 1.17. The second-order valence-corrected chi connectivity index (χ2v) is 3.23. The molecule has 0 heterocycles. The molecule has 0 aliphatic heterocycles. The second-order valence-electron chi connectivity index (χ2n) is 3.23. The van der Waals surface area contributed by atoms with Crippen molar-refractivity contribution in [1.29, 1.82) is 0 Å². The minimum Gasteiger partial charge on any atom is -0.341 e. The highest BCUT2D eigenvalue weighted by Gasteiger charge is 2.30. The molecule has 1 rings (SSSR count). The first-order valence-electron chi connectivity index (χ1n) is 4.51. The van der Waals surface area contributed by atoms with E-state index in [1.54, 1.807) is 0 Å². The van der Waals surface area contributed by atoms with Crippen LogP contribution in [-0.2, 0) is 6.18 Å². The van der Waals surface area contributed by atoms with Crippen LogP contribution in [0.3, 0.4) is 0 Å². The van der Waals surface area contributed by atoms with Gasteiger partial charge in [-0.3, -0.25) is 0 Å². The number of alkyl halides is 3. The molecule has 0 aliphatic rings. The maximum absolute atomic E-state index is 12.3. The third kappa shape index (κ3) is 2.88. The van der Waals surface area contributed by atoms with E-state index in [0.717, 1.165) is 12.1 Å². The van der Waals surface area contributed by atoms with Crippen LogP contribution in [-0.4, -0.2) is 13.1 Å². The minimum absolute atomic E-state index is 0.354. The zero-order chi connectivity index (χ0) is 12.3. The van der Waals surface area contributed by atoms with Crippen molar-refractivity contribution in [3.63, 3.8) is 0 Å². The van der Waals surface area contributed by atoms with Crippen LogP contribution in [0, 0.1) is 6.92 Å². The molecule has 88 valence electrons. The van der Waals surface area contributed by atoms with E-state index in [0.29, 0.717) is 11.3 Å². The number of nitrogens with one attached hydrogen (secondary N) is 2. The Hall–Kier alpha value is -1.72. The molecule has 0 fully saturated rings. The SMILES string of the molecule is CNC(=O)Nc1ccc(C(F)(F)F)cc1C. The Bertz CT molecular complexity index is 402. The minimum atomic E-state index is -4.36. The van der Waals surface area contributed by atoms with E-state index < -0.39 is 17.8 Å². The Kier molecular flexibility index (Phi) is 3.41. The molecule has 6 heteroatoms. The molecule has 0 saturated carbocycles. The van der Waals surface area contributed by atoms with Gasteiger partial charge >= 0.3 is 12.2 Å². The Balaban J connectivity index is 2.96. The Morgan fingerprint density at radius 3 is 2.38 bits per heavy atom. The summed E-state index contributed by atoms with van der Waals surface area (Å²) in [5.41, 5.74) is -0.0155. The van der Waals surface area contributed by atoms with Gasteiger partial charge in [0.05, 0.1) is 5.56 Å². The predicted octanol–water partition coefficient (Wildman–Crippen LogP) is 2.77. The number of rotatable bonds is 1. The molecule has 0 spiro atoms. The Morgan fingerprint density at radius 1 is 1.31 bits per heavy atom. The van der Waals surface area contributed by atoms with Crippen molar-refractivity contribution < 1.29 is 18.0 Å². The molecule has 0 unspecified atom stereocenters. The summed E-state index contributed by atoms with van der Waals surface area (Å²) in [6.45, 7) is 1.50. The van der Waals surface area contributed by atoms with Crippen molar-refractivity contribution >= 4 is 11.7 Å². The monoisotopic (exact) mass is 232 g/mol. The third-order valence-corrected chi connectivity index (χ3v) is 2.03. The number of carbonyl (C=O) groups excluding carboxylic acids is 1. The lowest BCUT2D eigenvalue weighted by Gasteiger charge is -2.11. The van der Waals surface area contributed by atoms with Gasteiger partial charge in [-0.15, -0.1) is 0 Å². The number of aryl methyl sites for hydroxylation is 1. The molecular formula is C10H11F3N2O. The van der Waals surface area contributed by atoms with E-state index in [1.807, 2.05) is 0 Å². The highest BCUT2D eigenvalue weighted by atomic mass is 19.4. The number of halogens is 3. The van der Waals surface area contributed by atoms with Gasteiger partial charge in [-0.25, -0.2) is 4.79 Å². The van der Waals surface area contributed by atoms with Crippen molar-refractivity contribution in [3.8, 4) is 0 Å². The largest absolute Gasteiger partial charge is 0.416 e. The fraction of sp³-hybridized carbons (Fsp3) is 0.300. The van der Waals surface area contributed by atoms with Crippen molar-refractivity contribution in [2.75, 3.05) is 12.4 Å². The maximum atomic E-state index is 12.3. The summed E-state index contributed by atoms with van der Waals surface area (Å²) in [5, 5.41) is 4.73. The summed E-state index contributed by atoms with van der Waals surface area (Å²) in [5.74, 6) is 0. The van der Waals surface area contributed by atoms with Gasteiger partial charge in [-0.05, 0) is 30.7 Å². The number of anilines is 1. The fourth-order valence-electron chi connectivity index (χ4n) is 1.17.